The van der Waals surface area contributed by atoms with E-state index in [1.54, 1.807) is 13.0 Å². The van der Waals surface area contributed by atoms with Crippen LogP contribution in [0.5, 0.6) is 0 Å². The lowest BCUT2D eigenvalue weighted by atomic mass is 10.2. The van der Waals surface area contributed by atoms with Crippen molar-refractivity contribution in [2.24, 2.45) is 0 Å². The van der Waals surface area contributed by atoms with Gasteiger partial charge < -0.3 is 0 Å². The molecule has 3 aromatic carbocycles. The summed E-state index contributed by atoms with van der Waals surface area (Å²) >= 11 is 25.1. The quantitative estimate of drug-likeness (QED) is 0.139. The second-order valence-electron chi connectivity index (χ2n) is 6.38. The van der Waals surface area contributed by atoms with Crippen LogP contribution < -0.4 is 0 Å². The van der Waals surface area contributed by atoms with E-state index in [4.69, 9.17) is 76.6 Å². The summed E-state index contributed by atoms with van der Waals surface area (Å²) in [6.45, 7) is 21.7. The van der Waals surface area contributed by atoms with E-state index < -0.39 is 22.2 Å². The Morgan fingerprint density at radius 2 is 1.43 bits per heavy atom. The van der Waals surface area contributed by atoms with Gasteiger partial charge in [0.1, 0.15) is 18.0 Å². The van der Waals surface area contributed by atoms with Crippen molar-refractivity contribution in [1.82, 2.24) is 0 Å². The van der Waals surface area contributed by atoms with Crippen molar-refractivity contribution in [3.05, 3.63) is 117 Å². The van der Waals surface area contributed by atoms with Crippen LogP contribution in [0.15, 0.2) is 28.7 Å². The third kappa shape index (κ3) is 7.76. The fourth-order valence-corrected chi connectivity index (χ4v) is 3.60. The molecule has 0 aliphatic heterocycles. The number of aryl methyl sites for hydroxylation is 1. The highest BCUT2D eigenvalue weighted by Gasteiger charge is 2.21. The van der Waals surface area contributed by atoms with E-state index in [9.17, 15) is 13.2 Å². The van der Waals surface area contributed by atoms with E-state index in [1.165, 1.54) is 24.3 Å². The number of halogens is 8. The first-order valence-electron chi connectivity index (χ1n) is 9.11. The molecule has 0 heterocycles. The monoisotopic (exact) mass is 641 g/mol. The molecule has 0 saturated carbocycles. The van der Waals surface area contributed by atoms with E-state index in [0.29, 0.717) is 15.7 Å². The van der Waals surface area contributed by atoms with E-state index in [2.05, 4.69) is 30.5 Å². The fraction of sp³-hybridized carbons (Fsp3) is 0.0417. The second-order valence-corrected chi connectivity index (χ2v) is 8.78. The summed E-state index contributed by atoms with van der Waals surface area (Å²) in [4.78, 5) is 9.20. The summed E-state index contributed by atoms with van der Waals surface area (Å²) in [5.74, 6) is -2.06. The number of nitrogens with zero attached hydrogens (tertiary/aromatic N) is 5. The van der Waals surface area contributed by atoms with Gasteiger partial charge >= 0.3 is 0 Å². The molecule has 0 spiro atoms. The highest BCUT2D eigenvalue weighted by Crippen LogP contribution is 2.42. The Labute approximate surface area is 238 Å². The molecule has 0 atom stereocenters. The largest absolute Gasteiger partial charge is 0.238 e. The standard InChI is InChI=1S/C8H5BrFN.C8Cl3FN2.C8H2ClFN2/c1-5-3-8(11-2)6(9)4-7(5)10;1-14-8-4(9)3(2-13)7(12)5(10)6(8)11;1-12-6-2-5(4-11)8(10)7(9)3-6/h3-4H,1H3;;2-3H. The summed E-state index contributed by atoms with van der Waals surface area (Å²) in [5, 5.41) is 15.7. The van der Waals surface area contributed by atoms with Crippen molar-refractivity contribution in [2.75, 3.05) is 0 Å². The van der Waals surface area contributed by atoms with Crippen LogP contribution in [0.25, 0.3) is 14.5 Å². The van der Waals surface area contributed by atoms with E-state index in [0.717, 1.165) is 6.07 Å². The van der Waals surface area contributed by atoms with Gasteiger partial charge in [-0.05, 0) is 36.8 Å². The summed E-state index contributed by atoms with van der Waals surface area (Å²) in [6.07, 6.45) is 0. The smallest absolute Gasteiger partial charge is 0.226 e. The molecule has 0 aliphatic carbocycles. The second kappa shape index (κ2) is 14.3. The first-order chi connectivity index (χ1) is 17.4. The molecule has 3 aromatic rings. The highest BCUT2D eigenvalue weighted by atomic mass is 79.9. The Balaban J connectivity index is 0.000000280. The maximum Gasteiger partial charge on any atom is 0.226 e. The lowest BCUT2D eigenvalue weighted by Gasteiger charge is -2.05. The van der Waals surface area contributed by atoms with Gasteiger partial charge in [0.05, 0.1) is 50.9 Å². The fourth-order valence-electron chi connectivity index (χ4n) is 2.27. The Morgan fingerprint density at radius 1 is 0.811 bits per heavy atom. The molecule has 0 amide bonds. The molecular weight excluding hydrogens is 637 g/mol. The average molecular weight is 644 g/mol. The Morgan fingerprint density at radius 3 is 1.92 bits per heavy atom. The SMILES string of the molecule is [C-]#[N+]c1c(Cl)c(Cl)c(F)c(C#N)c1Cl.[C-]#[N+]c1cc(C)c(F)cc1Br.[C-]#[N+]c1cc(Cl)c(F)c(C#N)c1. The summed E-state index contributed by atoms with van der Waals surface area (Å²) in [6, 6.07) is 8.30. The van der Waals surface area contributed by atoms with Crippen LogP contribution in [0, 0.1) is 66.8 Å². The zero-order valence-corrected chi connectivity index (χ0v) is 22.7. The minimum Gasteiger partial charge on any atom is -0.238 e. The van der Waals surface area contributed by atoms with Crippen LogP contribution >= 0.6 is 62.3 Å². The molecule has 13 heteroatoms. The van der Waals surface area contributed by atoms with Gasteiger partial charge in [0.25, 0.3) is 0 Å². The lowest BCUT2D eigenvalue weighted by Crippen LogP contribution is -1.88. The molecular formula is C24H7BrCl4F3N5. The Hall–Kier alpha value is -3.46. The molecule has 0 aromatic heterocycles. The first kappa shape index (κ1) is 31.6. The van der Waals surface area contributed by atoms with E-state index in [1.807, 2.05) is 0 Å². The number of nitriles is 2. The van der Waals surface area contributed by atoms with Crippen molar-refractivity contribution >= 4 is 79.4 Å². The van der Waals surface area contributed by atoms with Crippen molar-refractivity contribution in [3.63, 3.8) is 0 Å². The van der Waals surface area contributed by atoms with Crippen LogP contribution in [-0.2, 0) is 0 Å². The minimum atomic E-state index is -1.00. The van der Waals surface area contributed by atoms with Gasteiger partial charge in [-0.2, -0.15) is 10.5 Å². The topological polar surface area (TPSA) is 60.7 Å². The first-order valence-corrected chi connectivity index (χ1v) is 11.4. The highest BCUT2D eigenvalue weighted by molar-refractivity contribution is 9.10. The van der Waals surface area contributed by atoms with Gasteiger partial charge in [-0.15, -0.1) is 0 Å². The molecule has 184 valence electrons. The molecule has 0 aliphatic rings. The number of hydrogen-bond acceptors (Lipinski definition) is 2. The van der Waals surface area contributed by atoms with Crippen LogP contribution in [-0.4, -0.2) is 0 Å². The molecule has 0 unspecified atom stereocenters. The normalized spacial score (nSPS) is 9.08. The van der Waals surface area contributed by atoms with E-state index >= 15 is 0 Å². The van der Waals surface area contributed by atoms with Gasteiger partial charge in [0.15, 0.2) is 17.3 Å². The van der Waals surface area contributed by atoms with E-state index in [-0.39, 0.29) is 37.8 Å². The predicted octanol–water partition coefficient (Wildman–Crippen LogP) is 10.6. The molecule has 0 N–H and O–H groups in total. The van der Waals surface area contributed by atoms with Crippen LogP contribution in [0.3, 0.4) is 0 Å². The van der Waals surface area contributed by atoms with Gasteiger partial charge in [-0.25, -0.2) is 27.7 Å². The number of rotatable bonds is 0. The Bertz CT molecular complexity index is 1550. The number of benzene rings is 3. The van der Waals surface area contributed by atoms with Crippen LogP contribution in [0.2, 0.25) is 20.1 Å². The predicted molar refractivity (Wildman–Crippen MR) is 140 cm³/mol. The minimum absolute atomic E-state index is 0.165. The molecule has 37 heavy (non-hydrogen) atoms. The molecule has 3 rings (SSSR count). The Kier molecular flexibility index (Phi) is 12.2. The third-order valence-electron chi connectivity index (χ3n) is 4.07. The summed E-state index contributed by atoms with van der Waals surface area (Å²) in [5.41, 5.74) is 0.234. The maximum absolute atomic E-state index is 13.2. The van der Waals surface area contributed by atoms with Gasteiger partial charge in [0, 0.05) is 4.47 Å². The molecule has 0 saturated heterocycles. The van der Waals surface area contributed by atoms with Crippen molar-refractivity contribution in [3.8, 4) is 12.1 Å². The molecule has 0 fully saturated rings. The maximum atomic E-state index is 13.2. The third-order valence-corrected chi connectivity index (χ3v) is 6.17. The van der Waals surface area contributed by atoms with Crippen molar-refractivity contribution < 1.29 is 13.2 Å². The molecule has 5 nitrogen and oxygen atoms in total. The van der Waals surface area contributed by atoms with Gasteiger partial charge in [0.2, 0.25) is 11.4 Å². The zero-order chi connectivity index (χ0) is 28.4. The summed E-state index contributed by atoms with van der Waals surface area (Å²) < 4.78 is 39.3. The molecule has 0 bridgehead atoms. The van der Waals surface area contributed by atoms with Crippen molar-refractivity contribution in [2.45, 2.75) is 6.92 Å². The summed E-state index contributed by atoms with van der Waals surface area (Å²) in [7, 11) is 0. The van der Waals surface area contributed by atoms with Gasteiger partial charge in [-0.3, -0.25) is 0 Å². The zero-order valence-electron chi connectivity index (χ0n) is 18.1. The van der Waals surface area contributed by atoms with Crippen molar-refractivity contribution in [1.29, 1.82) is 10.5 Å². The van der Waals surface area contributed by atoms with Crippen LogP contribution in [0.1, 0.15) is 16.7 Å². The average Bonchev–Trinajstić information content (AvgIpc) is 2.88. The van der Waals surface area contributed by atoms with Gasteiger partial charge in [-0.1, -0.05) is 62.3 Å². The lowest BCUT2D eigenvalue weighted by molar-refractivity contribution is 0.618. The molecule has 0 radical (unpaired) electrons. The van der Waals surface area contributed by atoms with Crippen LogP contribution in [0.4, 0.5) is 30.2 Å². The number of hydrogen-bond donors (Lipinski definition) is 0.